The van der Waals surface area contributed by atoms with Crippen LogP contribution in [0.4, 0.5) is 0 Å². The molecular weight excluding hydrogens is 376 g/mol. The van der Waals surface area contributed by atoms with E-state index in [-0.39, 0.29) is 17.6 Å². The highest BCUT2D eigenvalue weighted by molar-refractivity contribution is 5.81. The van der Waals surface area contributed by atoms with Gasteiger partial charge in [-0.15, -0.1) is 0 Å². The number of fused-ring (bicyclic) bond motifs is 2. The quantitative estimate of drug-likeness (QED) is 0.701. The third-order valence-electron chi connectivity index (χ3n) is 6.81. The first-order valence-electron chi connectivity index (χ1n) is 10.9. The van der Waals surface area contributed by atoms with Gasteiger partial charge in [0.15, 0.2) is 0 Å². The number of benzene rings is 2. The first-order chi connectivity index (χ1) is 14.6. The Labute approximate surface area is 175 Å². The molecule has 0 radical (unpaired) electrons. The van der Waals surface area contributed by atoms with Crippen LogP contribution in [0.1, 0.15) is 36.4 Å². The Morgan fingerprint density at radius 1 is 1.03 bits per heavy atom. The molecule has 1 saturated heterocycles. The Kier molecular flexibility index (Phi) is 4.95. The average Bonchev–Trinajstić information content (AvgIpc) is 3.32. The number of imidazole rings is 1. The van der Waals surface area contributed by atoms with Crippen LogP contribution in [0.2, 0.25) is 0 Å². The van der Waals surface area contributed by atoms with Crippen LogP contribution in [0.25, 0.3) is 11.0 Å². The predicted molar refractivity (Wildman–Crippen MR) is 117 cm³/mol. The van der Waals surface area contributed by atoms with E-state index < -0.39 is 6.04 Å². The molecule has 2 aliphatic rings. The summed E-state index contributed by atoms with van der Waals surface area (Å²) in [6, 6.07) is 16.0. The lowest BCUT2D eigenvalue weighted by molar-refractivity contribution is -0.134. The number of carbonyl (C=O) groups is 1. The van der Waals surface area contributed by atoms with Gasteiger partial charge in [0.2, 0.25) is 5.91 Å². The van der Waals surface area contributed by atoms with Crippen LogP contribution in [0.5, 0.6) is 0 Å². The fourth-order valence-electron chi connectivity index (χ4n) is 5.29. The van der Waals surface area contributed by atoms with Crippen molar-refractivity contribution < 1.29 is 4.79 Å². The van der Waals surface area contributed by atoms with Crippen molar-refractivity contribution in [3.63, 3.8) is 0 Å². The molecule has 1 atom stereocenters. The Hall–Kier alpha value is -2.86. The van der Waals surface area contributed by atoms with Crippen LogP contribution in [0.15, 0.2) is 53.3 Å². The van der Waals surface area contributed by atoms with Gasteiger partial charge in [0.1, 0.15) is 0 Å². The van der Waals surface area contributed by atoms with Crippen molar-refractivity contribution in [3.8, 4) is 0 Å². The molecule has 1 aromatic heterocycles. The summed E-state index contributed by atoms with van der Waals surface area (Å²) in [5.74, 6) is 0.499. The van der Waals surface area contributed by atoms with Gasteiger partial charge >= 0.3 is 5.69 Å². The number of aromatic amines is 1. The first kappa shape index (κ1) is 19.1. The smallest absolute Gasteiger partial charge is 0.326 e. The molecule has 1 fully saturated rings. The Bertz CT molecular complexity index is 1100. The second-order valence-electron chi connectivity index (χ2n) is 8.76. The predicted octanol–water partition coefficient (Wildman–Crippen LogP) is 2.63. The van der Waals surface area contributed by atoms with E-state index in [0.29, 0.717) is 19.0 Å². The number of piperidine rings is 1. The van der Waals surface area contributed by atoms with Crippen molar-refractivity contribution in [2.24, 2.45) is 11.7 Å². The van der Waals surface area contributed by atoms with E-state index >= 15 is 0 Å². The van der Waals surface area contributed by atoms with Crippen molar-refractivity contribution in [2.45, 2.75) is 44.2 Å². The molecule has 5 rings (SSSR count). The summed E-state index contributed by atoms with van der Waals surface area (Å²) in [5, 5.41) is 0. The summed E-state index contributed by atoms with van der Waals surface area (Å²) in [4.78, 5) is 30.2. The number of nitrogens with one attached hydrogen (secondary N) is 1. The zero-order valence-corrected chi connectivity index (χ0v) is 17.1. The highest BCUT2D eigenvalue weighted by Crippen LogP contribution is 2.30. The van der Waals surface area contributed by atoms with Gasteiger partial charge in [-0.1, -0.05) is 36.4 Å². The fraction of sp³-hybridized carbons (Fsp3) is 0.417. The molecular formula is C24H28N4O2. The SMILES string of the molecule is N[C@H](CC1Cc2ccccc2C1)C(=O)N1CCC(n2c(=O)[nH]c3ccccc32)CC1. The van der Waals surface area contributed by atoms with Gasteiger partial charge < -0.3 is 15.6 Å². The van der Waals surface area contributed by atoms with Gasteiger partial charge in [0, 0.05) is 19.1 Å². The molecule has 2 aromatic carbocycles. The lowest BCUT2D eigenvalue weighted by Gasteiger charge is -2.34. The standard InChI is InChI=1S/C24H28N4O2/c25-20(15-16-13-17-5-1-2-6-18(17)14-16)23(29)27-11-9-19(10-12-27)28-22-8-4-3-7-21(22)26-24(28)30/h1-8,16,19-20H,9-15,25H2,(H,26,30)/t20-/m1/s1. The number of para-hydroxylation sites is 2. The van der Waals surface area contributed by atoms with E-state index in [1.807, 2.05) is 33.7 Å². The van der Waals surface area contributed by atoms with E-state index in [1.54, 1.807) is 0 Å². The minimum Gasteiger partial charge on any atom is -0.341 e. The molecule has 1 aliphatic heterocycles. The molecule has 6 heteroatoms. The monoisotopic (exact) mass is 404 g/mol. The van der Waals surface area contributed by atoms with Crippen molar-refractivity contribution in [1.82, 2.24) is 14.5 Å². The van der Waals surface area contributed by atoms with Crippen molar-refractivity contribution in [2.75, 3.05) is 13.1 Å². The lowest BCUT2D eigenvalue weighted by Crippen LogP contribution is -2.48. The van der Waals surface area contributed by atoms with Crippen LogP contribution in [0, 0.1) is 5.92 Å². The van der Waals surface area contributed by atoms with Crippen LogP contribution in [0.3, 0.4) is 0 Å². The second-order valence-corrected chi connectivity index (χ2v) is 8.76. The molecule has 3 aromatic rings. The maximum atomic E-state index is 13.0. The van der Waals surface area contributed by atoms with Crippen LogP contribution in [-0.4, -0.2) is 39.5 Å². The summed E-state index contributed by atoms with van der Waals surface area (Å²) in [6.45, 7) is 1.29. The molecule has 0 unspecified atom stereocenters. The normalized spacial score (nSPS) is 18.6. The van der Waals surface area contributed by atoms with Crippen LogP contribution < -0.4 is 11.4 Å². The number of carbonyl (C=O) groups excluding carboxylic acids is 1. The number of nitrogens with two attached hydrogens (primary N) is 1. The van der Waals surface area contributed by atoms with Gasteiger partial charge in [-0.25, -0.2) is 4.79 Å². The van der Waals surface area contributed by atoms with Gasteiger partial charge in [-0.05, 0) is 61.3 Å². The van der Waals surface area contributed by atoms with Crippen molar-refractivity contribution in [3.05, 3.63) is 70.1 Å². The summed E-state index contributed by atoms with van der Waals surface area (Å²) in [7, 11) is 0. The molecule has 30 heavy (non-hydrogen) atoms. The third kappa shape index (κ3) is 3.45. The Balaban J connectivity index is 1.20. The number of aromatic nitrogens is 2. The number of nitrogens with zero attached hydrogens (tertiary/aromatic N) is 2. The molecule has 0 saturated carbocycles. The second kappa shape index (κ2) is 7.76. The molecule has 156 valence electrons. The molecule has 1 aliphatic carbocycles. The fourth-order valence-corrected chi connectivity index (χ4v) is 5.29. The number of likely N-dealkylation sites (tertiary alicyclic amines) is 1. The van der Waals surface area contributed by atoms with Gasteiger partial charge in [-0.3, -0.25) is 9.36 Å². The molecule has 0 bridgehead atoms. The number of amides is 1. The summed E-state index contributed by atoms with van der Waals surface area (Å²) in [6.07, 6.45) is 4.31. The third-order valence-corrected chi connectivity index (χ3v) is 6.81. The summed E-state index contributed by atoms with van der Waals surface area (Å²) < 4.78 is 1.85. The molecule has 1 amide bonds. The van der Waals surface area contributed by atoms with E-state index in [4.69, 9.17) is 5.73 Å². The van der Waals surface area contributed by atoms with Crippen molar-refractivity contribution in [1.29, 1.82) is 0 Å². The first-order valence-corrected chi connectivity index (χ1v) is 10.9. The Morgan fingerprint density at radius 3 is 2.37 bits per heavy atom. The number of H-pyrrole nitrogens is 1. The summed E-state index contributed by atoms with van der Waals surface area (Å²) in [5.41, 5.74) is 10.9. The molecule has 3 N–H and O–H groups in total. The topological polar surface area (TPSA) is 84.1 Å². The van der Waals surface area contributed by atoms with E-state index in [2.05, 4.69) is 29.2 Å². The highest BCUT2D eigenvalue weighted by atomic mass is 16.2. The number of hydrogen-bond acceptors (Lipinski definition) is 3. The average molecular weight is 405 g/mol. The van der Waals surface area contributed by atoms with Crippen LogP contribution >= 0.6 is 0 Å². The zero-order valence-electron chi connectivity index (χ0n) is 17.1. The maximum Gasteiger partial charge on any atom is 0.326 e. The number of rotatable bonds is 4. The minimum atomic E-state index is -0.448. The van der Waals surface area contributed by atoms with Gasteiger partial charge in [0.05, 0.1) is 17.1 Å². The molecule has 0 spiro atoms. The van der Waals surface area contributed by atoms with Gasteiger partial charge in [-0.2, -0.15) is 0 Å². The van der Waals surface area contributed by atoms with E-state index in [0.717, 1.165) is 43.1 Å². The largest absolute Gasteiger partial charge is 0.341 e. The summed E-state index contributed by atoms with van der Waals surface area (Å²) >= 11 is 0. The zero-order chi connectivity index (χ0) is 20.7. The number of hydrogen-bond donors (Lipinski definition) is 2. The molecule has 2 heterocycles. The van der Waals surface area contributed by atoms with Crippen LogP contribution in [-0.2, 0) is 17.6 Å². The molecule has 6 nitrogen and oxygen atoms in total. The minimum absolute atomic E-state index is 0.0516. The van der Waals surface area contributed by atoms with E-state index in [9.17, 15) is 9.59 Å². The Morgan fingerprint density at radius 2 is 1.67 bits per heavy atom. The highest BCUT2D eigenvalue weighted by Gasteiger charge is 2.31. The maximum absolute atomic E-state index is 13.0. The van der Waals surface area contributed by atoms with E-state index in [1.165, 1.54) is 11.1 Å². The van der Waals surface area contributed by atoms with Crippen molar-refractivity contribution >= 4 is 16.9 Å². The lowest BCUT2D eigenvalue weighted by atomic mass is 9.95. The van der Waals surface area contributed by atoms with Gasteiger partial charge in [0.25, 0.3) is 0 Å².